The molecule has 4 rings (SSSR count). The van der Waals surface area contributed by atoms with Gasteiger partial charge in [0.15, 0.2) is 0 Å². The molecule has 0 saturated heterocycles. The van der Waals surface area contributed by atoms with E-state index >= 15 is 0 Å². The first-order chi connectivity index (χ1) is 12.3. The molecule has 25 heavy (non-hydrogen) atoms. The second kappa shape index (κ2) is 7.28. The molecule has 3 aromatic rings. The lowest BCUT2D eigenvalue weighted by atomic mass is 10.1. The lowest BCUT2D eigenvalue weighted by Crippen LogP contribution is -2.18. The highest BCUT2D eigenvalue weighted by atomic mass is 35.5. The predicted octanol–water partition coefficient (Wildman–Crippen LogP) is 4.72. The van der Waals surface area contributed by atoms with Gasteiger partial charge >= 0.3 is 0 Å². The smallest absolute Gasteiger partial charge is 0.119 e. The minimum atomic E-state index is 0.617. The largest absolute Gasteiger partial charge is 0.492 e. The molecular weight excluding hydrogens is 355 g/mol. The third-order valence-electron chi connectivity index (χ3n) is 4.76. The fourth-order valence-electron chi connectivity index (χ4n) is 3.63. The summed E-state index contributed by atoms with van der Waals surface area (Å²) >= 11 is 12.8. The van der Waals surface area contributed by atoms with Gasteiger partial charge in [0.2, 0.25) is 0 Å². The molecule has 0 unspecified atom stereocenters. The van der Waals surface area contributed by atoms with Crippen LogP contribution in [0.25, 0.3) is 10.9 Å². The van der Waals surface area contributed by atoms with Crippen molar-refractivity contribution >= 4 is 34.1 Å². The van der Waals surface area contributed by atoms with Crippen LogP contribution in [0.5, 0.6) is 5.75 Å². The van der Waals surface area contributed by atoms with Gasteiger partial charge in [-0.2, -0.15) is 0 Å². The summed E-state index contributed by atoms with van der Waals surface area (Å²) in [5.41, 5.74) is 3.83. The molecule has 0 atom stereocenters. The van der Waals surface area contributed by atoms with Crippen LogP contribution in [-0.2, 0) is 19.4 Å². The van der Waals surface area contributed by atoms with Crippen molar-refractivity contribution in [3.63, 3.8) is 0 Å². The Morgan fingerprint density at radius 3 is 2.64 bits per heavy atom. The molecule has 0 fully saturated rings. The highest BCUT2D eigenvalue weighted by Gasteiger charge is 2.21. The monoisotopic (exact) mass is 374 g/mol. The fourth-order valence-corrected chi connectivity index (χ4v) is 4.06. The Kier molecular flexibility index (Phi) is 4.89. The highest BCUT2D eigenvalue weighted by molar-refractivity contribution is 6.45. The van der Waals surface area contributed by atoms with E-state index in [0.717, 1.165) is 49.1 Å². The van der Waals surface area contributed by atoms with Crippen molar-refractivity contribution in [1.29, 1.82) is 0 Å². The molecule has 0 radical (unpaired) electrons. The SMILES string of the molecule is Clc1ccc2c(c1Cl)c1c(n2CCOc2ccccc2)CCNCC1. The maximum atomic E-state index is 6.56. The lowest BCUT2D eigenvalue weighted by molar-refractivity contribution is 0.299. The average molecular weight is 375 g/mol. The van der Waals surface area contributed by atoms with Gasteiger partial charge in [0, 0.05) is 24.0 Å². The van der Waals surface area contributed by atoms with Crippen LogP contribution in [0.3, 0.4) is 0 Å². The number of nitrogens with zero attached hydrogens (tertiary/aromatic N) is 1. The van der Waals surface area contributed by atoms with Crippen LogP contribution in [0.2, 0.25) is 10.0 Å². The first-order valence-corrected chi connectivity index (χ1v) is 9.38. The van der Waals surface area contributed by atoms with Crippen molar-refractivity contribution in [2.45, 2.75) is 19.4 Å². The molecular formula is C20H20Cl2N2O. The zero-order chi connectivity index (χ0) is 17.2. The summed E-state index contributed by atoms with van der Waals surface area (Å²) in [4.78, 5) is 0. The molecule has 130 valence electrons. The fraction of sp³-hybridized carbons (Fsp3) is 0.300. The van der Waals surface area contributed by atoms with Gasteiger partial charge in [-0.1, -0.05) is 41.4 Å². The van der Waals surface area contributed by atoms with Crippen molar-refractivity contribution < 1.29 is 4.74 Å². The van der Waals surface area contributed by atoms with Gasteiger partial charge in [0.05, 0.1) is 22.1 Å². The van der Waals surface area contributed by atoms with Gasteiger partial charge in [-0.05, 0) is 42.8 Å². The number of benzene rings is 2. The summed E-state index contributed by atoms with van der Waals surface area (Å²) in [5.74, 6) is 0.896. The van der Waals surface area contributed by atoms with Gasteiger partial charge in [-0.3, -0.25) is 0 Å². The molecule has 2 aromatic carbocycles. The number of hydrogen-bond acceptors (Lipinski definition) is 2. The summed E-state index contributed by atoms with van der Waals surface area (Å²) in [6, 6.07) is 13.9. The average Bonchev–Trinajstić information content (AvgIpc) is 2.78. The third-order valence-corrected chi connectivity index (χ3v) is 5.56. The Bertz CT molecular complexity index is 890. The maximum Gasteiger partial charge on any atom is 0.119 e. The van der Waals surface area contributed by atoms with Crippen molar-refractivity contribution in [3.8, 4) is 5.75 Å². The van der Waals surface area contributed by atoms with Crippen LogP contribution in [0.4, 0.5) is 0 Å². The van der Waals surface area contributed by atoms with Crippen LogP contribution in [0.15, 0.2) is 42.5 Å². The molecule has 0 spiro atoms. The first kappa shape index (κ1) is 16.8. The van der Waals surface area contributed by atoms with Crippen molar-refractivity contribution in [1.82, 2.24) is 9.88 Å². The standard InChI is InChI=1S/C20H20Cl2N2O/c21-16-6-7-18-19(20(16)22)15-8-10-23-11-9-17(15)24(18)12-13-25-14-4-2-1-3-5-14/h1-7,23H,8-13H2. The normalized spacial score (nSPS) is 14.3. The molecule has 0 bridgehead atoms. The molecule has 1 aromatic heterocycles. The number of halogens is 2. The Balaban J connectivity index is 1.70. The first-order valence-electron chi connectivity index (χ1n) is 8.62. The quantitative estimate of drug-likeness (QED) is 0.715. The van der Waals surface area contributed by atoms with Crippen molar-refractivity contribution in [2.75, 3.05) is 19.7 Å². The zero-order valence-corrected chi connectivity index (χ0v) is 15.4. The molecule has 2 heterocycles. The van der Waals surface area contributed by atoms with Gasteiger partial charge in [-0.15, -0.1) is 0 Å². The van der Waals surface area contributed by atoms with Crippen LogP contribution in [0, 0.1) is 0 Å². The number of para-hydroxylation sites is 1. The number of nitrogens with one attached hydrogen (secondary N) is 1. The topological polar surface area (TPSA) is 26.2 Å². The van der Waals surface area contributed by atoms with E-state index < -0.39 is 0 Å². The summed E-state index contributed by atoms with van der Waals surface area (Å²) in [6.45, 7) is 3.36. The van der Waals surface area contributed by atoms with Gasteiger partial charge in [-0.25, -0.2) is 0 Å². The van der Waals surface area contributed by atoms with E-state index in [2.05, 4.69) is 16.0 Å². The zero-order valence-electron chi connectivity index (χ0n) is 13.9. The summed E-state index contributed by atoms with van der Waals surface area (Å²) in [5, 5.41) is 5.86. The van der Waals surface area contributed by atoms with Crippen LogP contribution in [-0.4, -0.2) is 24.3 Å². The molecule has 1 N–H and O–H groups in total. The van der Waals surface area contributed by atoms with Gasteiger partial charge in [0.25, 0.3) is 0 Å². The lowest BCUT2D eigenvalue weighted by Gasteiger charge is -2.12. The molecule has 0 amide bonds. The number of ether oxygens (including phenoxy) is 1. The Labute approximate surface area is 157 Å². The molecule has 0 aliphatic carbocycles. The predicted molar refractivity (Wildman–Crippen MR) is 104 cm³/mol. The van der Waals surface area contributed by atoms with E-state index in [-0.39, 0.29) is 0 Å². The van der Waals surface area contributed by atoms with E-state index in [1.807, 2.05) is 36.4 Å². The summed E-state index contributed by atoms with van der Waals surface area (Å²) in [6.07, 6.45) is 1.96. The van der Waals surface area contributed by atoms with E-state index in [0.29, 0.717) is 16.7 Å². The molecule has 1 aliphatic rings. The highest BCUT2D eigenvalue weighted by Crippen LogP contribution is 2.37. The summed E-state index contributed by atoms with van der Waals surface area (Å²) in [7, 11) is 0. The molecule has 5 heteroatoms. The number of rotatable bonds is 4. The molecule has 0 saturated carbocycles. The Hall–Kier alpha value is -1.68. The second-order valence-electron chi connectivity index (χ2n) is 6.24. The molecule has 3 nitrogen and oxygen atoms in total. The second-order valence-corrected chi connectivity index (χ2v) is 7.03. The minimum absolute atomic E-state index is 0.617. The Morgan fingerprint density at radius 2 is 1.80 bits per heavy atom. The minimum Gasteiger partial charge on any atom is -0.492 e. The van der Waals surface area contributed by atoms with Gasteiger partial charge in [0.1, 0.15) is 12.4 Å². The number of hydrogen-bond donors (Lipinski definition) is 1. The maximum absolute atomic E-state index is 6.56. The van der Waals surface area contributed by atoms with Crippen LogP contribution < -0.4 is 10.1 Å². The Morgan fingerprint density at radius 1 is 1.00 bits per heavy atom. The molecule has 1 aliphatic heterocycles. The summed E-state index contributed by atoms with van der Waals surface area (Å²) < 4.78 is 8.26. The van der Waals surface area contributed by atoms with Crippen LogP contribution in [0.1, 0.15) is 11.3 Å². The van der Waals surface area contributed by atoms with E-state index in [1.54, 1.807) is 0 Å². The van der Waals surface area contributed by atoms with E-state index in [4.69, 9.17) is 27.9 Å². The third kappa shape index (κ3) is 3.24. The van der Waals surface area contributed by atoms with E-state index in [9.17, 15) is 0 Å². The van der Waals surface area contributed by atoms with E-state index in [1.165, 1.54) is 11.3 Å². The van der Waals surface area contributed by atoms with Crippen molar-refractivity contribution in [2.24, 2.45) is 0 Å². The number of fused-ring (bicyclic) bond motifs is 3. The van der Waals surface area contributed by atoms with Crippen LogP contribution >= 0.6 is 23.2 Å². The number of aromatic nitrogens is 1. The van der Waals surface area contributed by atoms with Gasteiger partial charge < -0.3 is 14.6 Å². The van der Waals surface area contributed by atoms with Crippen molar-refractivity contribution in [3.05, 3.63) is 63.8 Å².